The van der Waals surface area contributed by atoms with Crippen LogP contribution >= 0.6 is 0 Å². The van der Waals surface area contributed by atoms with Gasteiger partial charge in [0, 0.05) is 50.0 Å². The molecule has 0 aliphatic carbocycles. The van der Waals surface area contributed by atoms with Crippen molar-refractivity contribution in [1.29, 1.82) is 5.26 Å². The number of methoxy groups -OCH3 is 1. The summed E-state index contributed by atoms with van der Waals surface area (Å²) in [6.45, 7) is 2.63. The number of nitrogens with zero attached hydrogens (tertiary/aromatic N) is 10. The van der Waals surface area contributed by atoms with Crippen molar-refractivity contribution in [1.82, 2.24) is 44.4 Å². The fourth-order valence-electron chi connectivity index (χ4n) is 5.56. The molecule has 13 heteroatoms. The molecule has 13 nitrogen and oxygen atoms in total. The standard InChI is InChI=1S/C33H30N12O/c1-46-24-6-7-25(39-19-24)26-8-9-27-32(41-26)45(33(42-27)30-31(35)38-15-14-37-30)23-4-2-21(3-5-23)20-44-16-11-22(12-17-44)40-28-10-13-36-29(18-34)43-28/h2-10,13-15,19,22H,11-12,16-17,20H2,1H3,(H2,35,38)(H,36,40,43)/i1D3. The van der Waals surface area contributed by atoms with Gasteiger partial charge in [0.05, 0.1) is 28.7 Å². The number of anilines is 2. The Morgan fingerprint density at radius 1 is 0.935 bits per heavy atom. The molecule has 1 aromatic carbocycles. The number of ether oxygens (including phenoxy) is 1. The van der Waals surface area contributed by atoms with E-state index in [2.05, 4.69) is 47.3 Å². The summed E-state index contributed by atoms with van der Waals surface area (Å²) in [5.74, 6) is 1.70. The lowest BCUT2D eigenvalue weighted by Gasteiger charge is -2.32. The molecule has 1 aliphatic heterocycles. The zero-order valence-corrected chi connectivity index (χ0v) is 24.6. The smallest absolute Gasteiger partial charge is 0.234 e. The van der Waals surface area contributed by atoms with Crippen LogP contribution in [0.4, 0.5) is 11.6 Å². The quantitative estimate of drug-likeness (QED) is 0.250. The number of imidazole rings is 1. The van der Waals surface area contributed by atoms with E-state index in [4.69, 9.17) is 29.8 Å². The van der Waals surface area contributed by atoms with E-state index in [0.717, 1.165) is 43.7 Å². The molecule has 0 spiro atoms. The first kappa shape index (κ1) is 25.3. The molecule has 1 saturated heterocycles. The van der Waals surface area contributed by atoms with Gasteiger partial charge in [-0.15, -0.1) is 0 Å². The van der Waals surface area contributed by atoms with Crippen molar-refractivity contribution in [3.63, 3.8) is 0 Å². The summed E-state index contributed by atoms with van der Waals surface area (Å²) in [7, 11) is -2.57. The Kier molecular flexibility index (Phi) is 6.91. The van der Waals surface area contributed by atoms with E-state index in [0.29, 0.717) is 39.9 Å². The molecular formula is C33H30N12O. The summed E-state index contributed by atoms with van der Waals surface area (Å²) >= 11 is 0. The van der Waals surface area contributed by atoms with Crippen LogP contribution < -0.4 is 15.8 Å². The lowest BCUT2D eigenvalue weighted by molar-refractivity contribution is 0.211. The number of likely N-dealkylation sites (tertiary alicyclic amines) is 1. The van der Waals surface area contributed by atoms with Crippen molar-refractivity contribution in [2.75, 3.05) is 31.2 Å². The van der Waals surface area contributed by atoms with Crippen LogP contribution in [0, 0.1) is 11.3 Å². The second-order valence-corrected chi connectivity index (χ2v) is 10.8. The van der Waals surface area contributed by atoms with Crippen molar-refractivity contribution < 1.29 is 8.85 Å². The van der Waals surface area contributed by atoms with Gasteiger partial charge in [-0.3, -0.25) is 14.5 Å². The molecule has 228 valence electrons. The number of piperidine rings is 1. The van der Waals surface area contributed by atoms with Crippen LogP contribution in [0.5, 0.6) is 5.75 Å². The predicted octanol–water partition coefficient (Wildman–Crippen LogP) is 4.27. The fourth-order valence-corrected chi connectivity index (χ4v) is 5.56. The third-order valence-electron chi connectivity index (χ3n) is 7.86. The Hall–Kier alpha value is -6.00. The molecule has 6 heterocycles. The van der Waals surface area contributed by atoms with Crippen molar-refractivity contribution in [3.05, 3.63) is 90.8 Å². The molecule has 0 amide bonds. The molecule has 0 bridgehead atoms. The summed E-state index contributed by atoms with van der Waals surface area (Å²) in [6.07, 6.45) is 7.95. The Morgan fingerprint density at radius 2 is 1.76 bits per heavy atom. The van der Waals surface area contributed by atoms with E-state index in [9.17, 15) is 0 Å². The number of hydrogen-bond donors (Lipinski definition) is 2. The van der Waals surface area contributed by atoms with Gasteiger partial charge in [0.2, 0.25) is 5.82 Å². The van der Waals surface area contributed by atoms with Gasteiger partial charge in [-0.1, -0.05) is 12.1 Å². The maximum atomic E-state index is 9.08. The highest BCUT2D eigenvalue weighted by atomic mass is 16.5. The molecule has 6 aromatic rings. The number of rotatable bonds is 8. The average Bonchev–Trinajstić information content (AvgIpc) is 3.48. The van der Waals surface area contributed by atoms with Crippen molar-refractivity contribution in [2.45, 2.75) is 25.4 Å². The maximum absolute atomic E-state index is 9.08. The van der Waals surface area contributed by atoms with Gasteiger partial charge in [-0.05, 0) is 60.9 Å². The van der Waals surface area contributed by atoms with Crippen LogP contribution in [-0.4, -0.2) is 70.5 Å². The van der Waals surface area contributed by atoms with Crippen LogP contribution in [0.1, 0.15) is 28.3 Å². The SMILES string of the molecule is [2H]C([2H])([2H])Oc1ccc(-c2ccc3nc(-c4nccnc4N)n(-c4ccc(CN5CCC(Nc6ccnc(C#N)n6)CC5)cc4)c3n2)nc1. The second kappa shape index (κ2) is 12.5. The second-order valence-electron chi connectivity index (χ2n) is 10.8. The first-order valence-corrected chi connectivity index (χ1v) is 14.7. The third-order valence-corrected chi connectivity index (χ3v) is 7.86. The molecule has 0 unspecified atom stereocenters. The Morgan fingerprint density at radius 3 is 2.52 bits per heavy atom. The van der Waals surface area contributed by atoms with E-state index < -0.39 is 7.04 Å². The highest BCUT2D eigenvalue weighted by Crippen LogP contribution is 2.31. The van der Waals surface area contributed by atoms with Gasteiger partial charge >= 0.3 is 0 Å². The Bertz CT molecular complexity index is 2140. The first-order chi connectivity index (χ1) is 23.7. The van der Waals surface area contributed by atoms with Gasteiger partial charge in [-0.25, -0.2) is 29.9 Å². The number of benzene rings is 1. The highest BCUT2D eigenvalue weighted by Gasteiger charge is 2.22. The minimum Gasteiger partial charge on any atom is -0.495 e. The lowest BCUT2D eigenvalue weighted by atomic mass is 10.0. The van der Waals surface area contributed by atoms with Crippen LogP contribution in [0.3, 0.4) is 0 Å². The maximum Gasteiger partial charge on any atom is 0.234 e. The number of aromatic nitrogens is 8. The van der Waals surface area contributed by atoms with Gasteiger partial charge in [0.15, 0.2) is 17.3 Å². The summed E-state index contributed by atoms with van der Waals surface area (Å²) in [4.78, 5) is 33.5. The number of nitriles is 1. The molecule has 0 radical (unpaired) electrons. The molecule has 3 N–H and O–H groups in total. The number of pyridine rings is 2. The monoisotopic (exact) mass is 613 g/mol. The minimum atomic E-state index is -2.57. The summed E-state index contributed by atoms with van der Waals surface area (Å²) in [6, 6.07) is 19.1. The number of nitrogens with one attached hydrogen (secondary N) is 1. The largest absolute Gasteiger partial charge is 0.495 e. The molecule has 1 fully saturated rings. The van der Waals surface area contributed by atoms with E-state index in [1.165, 1.54) is 12.4 Å². The van der Waals surface area contributed by atoms with Gasteiger partial charge in [0.1, 0.15) is 28.8 Å². The summed E-state index contributed by atoms with van der Waals surface area (Å²) in [5, 5.41) is 12.5. The molecule has 5 aromatic heterocycles. The van der Waals surface area contributed by atoms with Gasteiger partial charge < -0.3 is 15.8 Å². The van der Waals surface area contributed by atoms with E-state index in [-0.39, 0.29) is 23.4 Å². The summed E-state index contributed by atoms with van der Waals surface area (Å²) < 4.78 is 28.8. The van der Waals surface area contributed by atoms with Gasteiger partial charge in [-0.2, -0.15) is 5.26 Å². The fraction of sp³-hybridized carbons (Fsp3) is 0.212. The highest BCUT2D eigenvalue weighted by molar-refractivity contribution is 5.83. The summed E-state index contributed by atoms with van der Waals surface area (Å²) in [5.41, 5.74) is 10.9. The minimum absolute atomic E-state index is 0.133. The molecule has 46 heavy (non-hydrogen) atoms. The number of nitrogen functional groups attached to an aromatic ring is 1. The van der Waals surface area contributed by atoms with Gasteiger partial charge in [0.25, 0.3) is 0 Å². The predicted molar refractivity (Wildman–Crippen MR) is 173 cm³/mol. The number of nitrogens with two attached hydrogens (primary N) is 1. The molecule has 7 rings (SSSR count). The molecule has 1 aliphatic rings. The molecule has 0 saturated carbocycles. The molecule has 0 atom stereocenters. The van der Waals surface area contributed by atoms with Crippen molar-refractivity contribution in [3.8, 4) is 40.4 Å². The average molecular weight is 614 g/mol. The Balaban J connectivity index is 1.13. The van der Waals surface area contributed by atoms with Crippen LogP contribution in [-0.2, 0) is 6.54 Å². The normalized spacial score (nSPS) is 15.1. The number of hydrogen-bond acceptors (Lipinski definition) is 12. The zero-order chi connectivity index (χ0) is 34.0. The van der Waals surface area contributed by atoms with Crippen molar-refractivity contribution >= 4 is 22.8 Å². The van der Waals surface area contributed by atoms with Crippen LogP contribution in [0.25, 0.3) is 39.8 Å². The third kappa shape index (κ3) is 5.89. The molecular weight excluding hydrogens is 580 g/mol. The van der Waals surface area contributed by atoms with Crippen LogP contribution in [0.2, 0.25) is 0 Å². The van der Waals surface area contributed by atoms with Crippen LogP contribution in [0.15, 0.2) is 79.4 Å². The Labute approximate surface area is 269 Å². The lowest BCUT2D eigenvalue weighted by Crippen LogP contribution is -2.38. The van der Waals surface area contributed by atoms with E-state index >= 15 is 0 Å². The first-order valence-electron chi connectivity index (χ1n) is 16.2. The van der Waals surface area contributed by atoms with E-state index in [1.54, 1.807) is 36.7 Å². The zero-order valence-electron chi connectivity index (χ0n) is 27.6. The topological polar surface area (TPSA) is 169 Å². The number of fused-ring (bicyclic) bond motifs is 1. The van der Waals surface area contributed by atoms with E-state index in [1.807, 2.05) is 28.8 Å². The van der Waals surface area contributed by atoms with Crippen molar-refractivity contribution in [2.24, 2.45) is 0 Å².